The van der Waals surface area contributed by atoms with E-state index in [1.54, 1.807) is 0 Å². The van der Waals surface area contributed by atoms with Crippen LogP contribution in [0, 0.1) is 17.6 Å². The molecule has 1 aliphatic rings. The Balaban J connectivity index is 1.53. The molecule has 3 aromatic heterocycles. The van der Waals surface area contributed by atoms with E-state index in [2.05, 4.69) is 25.3 Å². The molecule has 5 rings (SSSR count). The SMILES string of the molecule is O=C(c1c(F)ccc(NS(=O)(=O)c2cnccc2Cl)c1F)c1c[nH]c2ncnc(NCC3CC3)c12. The third-order valence-corrected chi connectivity index (χ3v) is 7.39. The molecular formula is C22H17ClF2N6O3S. The van der Waals surface area contributed by atoms with Gasteiger partial charge in [0, 0.05) is 25.1 Å². The molecule has 3 N–H and O–H groups in total. The molecule has 1 saturated carbocycles. The van der Waals surface area contributed by atoms with E-state index in [-0.39, 0.29) is 16.0 Å². The largest absolute Gasteiger partial charge is 0.369 e. The molecule has 1 fully saturated rings. The fraction of sp³-hybridized carbons (Fsp3) is 0.182. The second-order valence-corrected chi connectivity index (χ2v) is 10.1. The molecule has 0 spiro atoms. The second kappa shape index (κ2) is 8.86. The summed E-state index contributed by atoms with van der Waals surface area (Å²) < 4.78 is 57.5. The van der Waals surface area contributed by atoms with Gasteiger partial charge in [-0.3, -0.25) is 14.5 Å². The van der Waals surface area contributed by atoms with Crippen LogP contribution >= 0.6 is 11.6 Å². The van der Waals surface area contributed by atoms with Gasteiger partial charge in [-0.25, -0.2) is 27.2 Å². The number of anilines is 2. The lowest BCUT2D eigenvalue weighted by molar-refractivity contribution is 0.103. The highest BCUT2D eigenvalue weighted by molar-refractivity contribution is 7.92. The number of H-pyrrole nitrogens is 1. The van der Waals surface area contributed by atoms with Gasteiger partial charge in [-0.05, 0) is 37.0 Å². The van der Waals surface area contributed by atoms with Crippen molar-refractivity contribution in [2.24, 2.45) is 5.92 Å². The van der Waals surface area contributed by atoms with E-state index in [4.69, 9.17) is 11.6 Å². The molecule has 0 amide bonds. The Bertz CT molecular complexity index is 1570. The summed E-state index contributed by atoms with van der Waals surface area (Å²) in [4.78, 5) is 27.7. The van der Waals surface area contributed by atoms with Gasteiger partial charge in [0.1, 0.15) is 28.5 Å². The highest BCUT2D eigenvalue weighted by Crippen LogP contribution is 2.33. The summed E-state index contributed by atoms with van der Waals surface area (Å²) in [6.07, 6.45) is 7.04. The van der Waals surface area contributed by atoms with Crippen molar-refractivity contribution in [3.8, 4) is 0 Å². The first kappa shape index (κ1) is 23.1. The Morgan fingerprint density at radius 2 is 2.00 bits per heavy atom. The maximum atomic E-state index is 15.4. The third-order valence-electron chi connectivity index (χ3n) is 5.56. The number of nitrogens with one attached hydrogen (secondary N) is 3. The number of aromatic nitrogens is 4. The number of hydrogen-bond acceptors (Lipinski definition) is 7. The van der Waals surface area contributed by atoms with Crippen molar-refractivity contribution in [3.05, 3.63) is 70.9 Å². The Hall–Kier alpha value is -3.64. The van der Waals surface area contributed by atoms with Crippen LogP contribution in [0.5, 0.6) is 0 Å². The highest BCUT2D eigenvalue weighted by Gasteiger charge is 2.28. The Morgan fingerprint density at radius 3 is 2.74 bits per heavy atom. The Morgan fingerprint density at radius 1 is 1.20 bits per heavy atom. The van der Waals surface area contributed by atoms with Gasteiger partial charge >= 0.3 is 0 Å². The number of halogens is 3. The lowest BCUT2D eigenvalue weighted by Gasteiger charge is -2.13. The summed E-state index contributed by atoms with van der Waals surface area (Å²) in [6.45, 7) is 0.641. The van der Waals surface area contributed by atoms with Crippen molar-refractivity contribution in [1.82, 2.24) is 19.9 Å². The van der Waals surface area contributed by atoms with Crippen LogP contribution in [0.1, 0.15) is 28.8 Å². The number of sulfonamides is 1. The average molecular weight is 519 g/mol. The molecule has 9 nitrogen and oxygen atoms in total. The van der Waals surface area contributed by atoms with Gasteiger partial charge < -0.3 is 10.3 Å². The van der Waals surface area contributed by atoms with Gasteiger partial charge in [-0.2, -0.15) is 0 Å². The molecule has 1 aliphatic carbocycles. The van der Waals surface area contributed by atoms with E-state index in [0.29, 0.717) is 23.9 Å². The van der Waals surface area contributed by atoms with Crippen molar-refractivity contribution >= 4 is 49.9 Å². The monoisotopic (exact) mass is 518 g/mol. The first-order chi connectivity index (χ1) is 16.8. The van der Waals surface area contributed by atoms with E-state index in [1.807, 2.05) is 4.72 Å². The van der Waals surface area contributed by atoms with E-state index in [1.165, 1.54) is 24.8 Å². The first-order valence-corrected chi connectivity index (χ1v) is 12.3. The predicted octanol–water partition coefficient (Wildman–Crippen LogP) is 4.14. The fourth-order valence-electron chi connectivity index (χ4n) is 3.57. The number of benzene rings is 1. The van der Waals surface area contributed by atoms with Crippen molar-refractivity contribution in [3.63, 3.8) is 0 Å². The zero-order valence-electron chi connectivity index (χ0n) is 17.8. The number of nitrogens with zero attached hydrogens (tertiary/aromatic N) is 3. The number of ketones is 1. The van der Waals surface area contributed by atoms with Crippen LogP contribution in [-0.4, -0.2) is 40.7 Å². The maximum Gasteiger partial charge on any atom is 0.265 e. The van der Waals surface area contributed by atoms with Crippen LogP contribution in [0.15, 0.2) is 48.0 Å². The lowest BCUT2D eigenvalue weighted by Crippen LogP contribution is -2.17. The van der Waals surface area contributed by atoms with E-state index in [0.717, 1.165) is 31.2 Å². The van der Waals surface area contributed by atoms with Gasteiger partial charge in [0.15, 0.2) is 5.82 Å². The number of aromatic amines is 1. The molecule has 0 unspecified atom stereocenters. The lowest BCUT2D eigenvalue weighted by atomic mass is 10.0. The highest BCUT2D eigenvalue weighted by atomic mass is 35.5. The third kappa shape index (κ3) is 4.42. The molecule has 180 valence electrons. The van der Waals surface area contributed by atoms with Crippen molar-refractivity contribution in [2.75, 3.05) is 16.6 Å². The molecule has 0 atom stereocenters. The molecule has 35 heavy (non-hydrogen) atoms. The minimum Gasteiger partial charge on any atom is -0.369 e. The summed E-state index contributed by atoms with van der Waals surface area (Å²) in [6, 6.07) is 2.93. The fourth-order valence-corrected chi connectivity index (χ4v) is 5.06. The van der Waals surface area contributed by atoms with Crippen LogP contribution < -0.4 is 10.0 Å². The molecule has 1 aromatic carbocycles. The smallest absolute Gasteiger partial charge is 0.265 e. The zero-order valence-corrected chi connectivity index (χ0v) is 19.4. The summed E-state index contributed by atoms with van der Waals surface area (Å²) in [5, 5.41) is 3.30. The van der Waals surface area contributed by atoms with E-state index < -0.39 is 43.6 Å². The Labute approximate surface area is 203 Å². The van der Waals surface area contributed by atoms with Gasteiger partial charge in [-0.1, -0.05) is 11.6 Å². The summed E-state index contributed by atoms with van der Waals surface area (Å²) >= 11 is 5.92. The average Bonchev–Trinajstić information content (AvgIpc) is 3.55. The van der Waals surface area contributed by atoms with E-state index in [9.17, 15) is 17.6 Å². The first-order valence-electron chi connectivity index (χ1n) is 10.5. The Kier molecular flexibility index (Phi) is 5.85. The van der Waals surface area contributed by atoms with Gasteiger partial charge in [0.05, 0.1) is 27.2 Å². The van der Waals surface area contributed by atoms with Crippen molar-refractivity contribution < 1.29 is 22.0 Å². The van der Waals surface area contributed by atoms with Crippen LogP contribution in [-0.2, 0) is 10.0 Å². The number of pyridine rings is 1. The quantitative estimate of drug-likeness (QED) is 0.299. The number of hydrogen-bond donors (Lipinski definition) is 3. The number of carbonyl (C=O) groups excluding carboxylic acids is 1. The van der Waals surface area contributed by atoms with Gasteiger partial charge in [0.25, 0.3) is 10.0 Å². The standard InChI is InChI=1S/C22H17ClF2N6O3S/c23-13-5-6-26-9-16(13)35(33,34)31-15-4-3-14(24)18(19(15)25)20(32)12-8-28-22-17(12)21(29-10-30-22)27-7-11-1-2-11/h3-6,8-11,31H,1-2,7H2,(H2,27,28,29,30). The molecule has 13 heteroatoms. The normalized spacial score (nSPS) is 13.7. The molecule has 0 aliphatic heterocycles. The molecule has 3 heterocycles. The number of rotatable bonds is 8. The van der Waals surface area contributed by atoms with Crippen molar-refractivity contribution in [1.29, 1.82) is 0 Å². The number of fused-ring (bicyclic) bond motifs is 1. The van der Waals surface area contributed by atoms with E-state index >= 15 is 4.39 Å². The van der Waals surface area contributed by atoms with Gasteiger partial charge in [-0.15, -0.1) is 0 Å². The molecule has 0 bridgehead atoms. The van der Waals surface area contributed by atoms with Crippen LogP contribution in [0.4, 0.5) is 20.3 Å². The number of carbonyl (C=O) groups is 1. The predicted molar refractivity (Wildman–Crippen MR) is 125 cm³/mol. The van der Waals surface area contributed by atoms with Crippen LogP contribution in [0.2, 0.25) is 5.02 Å². The summed E-state index contributed by atoms with van der Waals surface area (Å²) in [5.74, 6) is -2.68. The zero-order chi connectivity index (χ0) is 24.7. The summed E-state index contributed by atoms with van der Waals surface area (Å²) in [7, 11) is -4.38. The molecule has 0 radical (unpaired) electrons. The minimum absolute atomic E-state index is 0.0630. The second-order valence-electron chi connectivity index (χ2n) is 8.00. The molecule has 0 saturated heterocycles. The maximum absolute atomic E-state index is 15.4. The summed E-state index contributed by atoms with van der Waals surface area (Å²) in [5.41, 5.74) is -1.31. The molecular weight excluding hydrogens is 502 g/mol. The minimum atomic E-state index is -4.38. The van der Waals surface area contributed by atoms with Crippen molar-refractivity contribution in [2.45, 2.75) is 17.7 Å². The van der Waals surface area contributed by atoms with Crippen LogP contribution in [0.3, 0.4) is 0 Å². The topological polar surface area (TPSA) is 130 Å². The van der Waals surface area contributed by atoms with Gasteiger partial charge in [0.2, 0.25) is 5.78 Å². The molecule has 4 aromatic rings. The van der Waals surface area contributed by atoms with Crippen LogP contribution in [0.25, 0.3) is 11.0 Å².